The van der Waals surface area contributed by atoms with Gasteiger partial charge in [0.25, 0.3) is 5.69 Å². The average molecular weight is 226 g/mol. The van der Waals surface area contributed by atoms with Gasteiger partial charge in [0.2, 0.25) is 0 Å². The molecule has 0 amide bonds. The lowest BCUT2D eigenvalue weighted by Gasteiger charge is -2.09. The molecule has 0 aliphatic heterocycles. The molecule has 1 aromatic carbocycles. The molecule has 0 N–H and O–H groups in total. The molecular weight excluding hydrogens is 216 g/mol. The standard InChI is InChI=1S/C9H10N2O5/c1-10(2)16-9(12)15-8-5-3-7(4-6-8)11(13)14/h3-6H,1-2H3. The topological polar surface area (TPSA) is 81.9 Å². The summed E-state index contributed by atoms with van der Waals surface area (Å²) in [5.74, 6) is 0.178. The molecule has 0 atom stereocenters. The number of nitro benzene ring substituents is 1. The Morgan fingerprint density at radius 1 is 1.31 bits per heavy atom. The van der Waals surface area contributed by atoms with Gasteiger partial charge in [-0.05, 0) is 12.1 Å². The van der Waals surface area contributed by atoms with Crippen LogP contribution in [-0.4, -0.2) is 30.2 Å². The molecule has 0 aliphatic rings. The lowest BCUT2D eigenvalue weighted by Crippen LogP contribution is -2.21. The Labute approximate surface area is 91.3 Å². The predicted molar refractivity (Wildman–Crippen MR) is 53.9 cm³/mol. The summed E-state index contributed by atoms with van der Waals surface area (Å²) in [4.78, 5) is 25.4. The maximum atomic E-state index is 11.0. The number of rotatable bonds is 3. The van der Waals surface area contributed by atoms with E-state index in [1.54, 1.807) is 0 Å². The molecule has 0 radical (unpaired) electrons. The minimum atomic E-state index is -0.904. The third-order valence-corrected chi connectivity index (χ3v) is 1.51. The van der Waals surface area contributed by atoms with Crippen molar-refractivity contribution in [2.75, 3.05) is 14.1 Å². The number of nitrogens with zero attached hydrogens (tertiary/aromatic N) is 2. The van der Waals surface area contributed by atoms with Crippen LogP contribution in [0.15, 0.2) is 24.3 Å². The molecule has 0 spiro atoms. The number of benzene rings is 1. The molecule has 0 aliphatic carbocycles. The monoisotopic (exact) mass is 226 g/mol. The predicted octanol–water partition coefficient (Wildman–Crippen LogP) is 1.59. The van der Waals surface area contributed by atoms with E-state index in [0.29, 0.717) is 0 Å². The van der Waals surface area contributed by atoms with Gasteiger partial charge in [0.1, 0.15) is 5.75 Å². The van der Waals surface area contributed by atoms with E-state index in [9.17, 15) is 14.9 Å². The number of hydrogen-bond donors (Lipinski definition) is 0. The van der Waals surface area contributed by atoms with Crippen LogP contribution in [0.4, 0.5) is 10.5 Å². The second kappa shape index (κ2) is 5.08. The van der Waals surface area contributed by atoms with Gasteiger partial charge in [0.05, 0.1) is 4.92 Å². The van der Waals surface area contributed by atoms with E-state index in [2.05, 4.69) is 4.84 Å². The normalized spacial score (nSPS) is 9.94. The van der Waals surface area contributed by atoms with E-state index in [-0.39, 0.29) is 11.4 Å². The lowest BCUT2D eigenvalue weighted by molar-refractivity contribution is -0.384. The van der Waals surface area contributed by atoms with Crippen LogP contribution < -0.4 is 4.74 Å². The summed E-state index contributed by atoms with van der Waals surface area (Å²) in [5.41, 5.74) is -0.0756. The fourth-order valence-corrected chi connectivity index (χ4v) is 0.900. The number of hydroxylamine groups is 2. The smallest absolute Gasteiger partial charge is 0.394 e. The Morgan fingerprint density at radius 2 is 1.88 bits per heavy atom. The average Bonchev–Trinajstić information content (AvgIpc) is 2.16. The van der Waals surface area contributed by atoms with Gasteiger partial charge in [-0.1, -0.05) is 0 Å². The number of nitro groups is 1. The van der Waals surface area contributed by atoms with E-state index in [1.807, 2.05) is 0 Å². The highest BCUT2D eigenvalue weighted by Gasteiger charge is 2.09. The van der Waals surface area contributed by atoms with Crippen LogP contribution in [0.3, 0.4) is 0 Å². The molecular formula is C9H10N2O5. The van der Waals surface area contributed by atoms with Gasteiger partial charge in [0, 0.05) is 26.2 Å². The van der Waals surface area contributed by atoms with Crippen molar-refractivity contribution in [1.82, 2.24) is 5.06 Å². The van der Waals surface area contributed by atoms with Gasteiger partial charge in [-0.25, -0.2) is 4.79 Å². The summed E-state index contributed by atoms with van der Waals surface area (Å²) in [6, 6.07) is 5.10. The number of ether oxygens (including phenoxy) is 1. The van der Waals surface area contributed by atoms with Crippen molar-refractivity contribution in [2.45, 2.75) is 0 Å². The van der Waals surface area contributed by atoms with Crippen LogP contribution in [0, 0.1) is 10.1 Å². The summed E-state index contributed by atoms with van der Waals surface area (Å²) < 4.78 is 4.73. The first kappa shape index (κ1) is 11.9. The second-order valence-electron chi connectivity index (χ2n) is 3.01. The van der Waals surface area contributed by atoms with Crippen LogP contribution in [0.25, 0.3) is 0 Å². The molecule has 0 saturated carbocycles. The highest BCUT2D eigenvalue weighted by molar-refractivity contribution is 5.63. The zero-order chi connectivity index (χ0) is 12.1. The first-order valence-electron chi connectivity index (χ1n) is 4.30. The van der Waals surface area contributed by atoms with Gasteiger partial charge < -0.3 is 9.57 Å². The van der Waals surface area contributed by atoms with Crippen molar-refractivity contribution in [1.29, 1.82) is 0 Å². The van der Waals surface area contributed by atoms with E-state index >= 15 is 0 Å². The quantitative estimate of drug-likeness (QED) is 0.337. The fraction of sp³-hybridized carbons (Fsp3) is 0.222. The Morgan fingerprint density at radius 3 is 2.31 bits per heavy atom. The molecule has 16 heavy (non-hydrogen) atoms. The molecule has 7 nitrogen and oxygen atoms in total. The highest BCUT2D eigenvalue weighted by Crippen LogP contribution is 2.17. The molecule has 0 saturated heterocycles. The van der Waals surface area contributed by atoms with E-state index in [4.69, 9.17) is 4.74 Å². The van der Waals surface area contributed by atoms with E-state index in [1.165, 1.54) is 43.4 Å². The number of hydrogen-bond acceptors (Lipinski definition) is 6. The van der Waals surface area contributed by atoms with Crippen LogP contribution in [0.1, 0.15) is 0 Å². The second-order valence-corrected chi connectivity index (χ2v) is 3.01. The van der Waals surface area contributed by atoms with Crippen LogP contribution in [-0.2, 0) is 4.84 Å². The molecule has 1 aromatic rings. The van der Waals surface area contributed by atoms with E-state index in [0.717, 1.165) is 0 Å². The van der Waals surface area contributed by atoms with Gasteiger partial charge >= 0.3 is 6.16 Å². The summed E-state index contributed by atoms with van der Waals surface area (Å²) >= 11 is 0. The Hall–Kier alpha value is -2.15. The van der Waals surface area contributed by atoms with Gasteiger partial charge in [0.15, 0.2) is 0 Å². The van der Waals surface area contributed by atoms with Crippen molar-refractivity contribution >= 4 is 11.8 Å². The van der Waals surface area contributed by atoms with E-state index < -0.39 is 11.1 Å². The maximum Gasteiger partial charge on any atom is 0.533 e. The SMILES string of the molecule is CN(C)OC(=O)Oc1ccc([N+](=O)[O-])cc1. The molecule has 7 heteroatoms. The Bertz CT molecular complexity index is 387. The maximum absolute atomic E-state index is 11.0. The van der Waals surface area contributed by atoms with Crippen LogP contribution in [0.5, 0.6) is 5.75 Å². The van der Waals surface area contributed by atoms with Gasteiger partial charge in [-0.15, -0.1) is 5.06 Å². The summed E-state index contributed by atoms with van der Waals surface area (Å²) in [5, 5.41) is 11.5. The zero-order valence-electron chi connectivity index (χ0n) is 8.75. The summed E-state index contributed by atoms with van der Waals surface area (Å²) in [6.45, 7) is 0. The Kier molecular flexibility index (Phi) is 3.78. The minimum absolute atomic E-state index is 0.0756. The summed E-state index contributed by atoms with van der Waals surface area (Å²) in [7, 11) is 3.05. The number of carbonyl (C=O) groups excluding carboxylic acids is 1. The third-order valence-electron chi connectivity index (χ3n) is 1.51. The van der Waals surface area contributed by atoms with Gasteiger partial charge in [-0.3, -0.25) is 10.1 Å². The lowest BCUT2D eigenvalue weighted by atomic mass is 10.3. The molecule has 0 bridgehead atoms. The molecule has 0 unspecified atom stereocenters. The molecule has 0 fully saturated rings. The number of carbonyl (C=O) groups is 1. The van der Waals surface area contributed by atoms with Crippen molar-refractivity contribution in [3.8, 4) is 5.75 Å². The third kappa shape index (κ3) is 3.54. The first-order chi connectivity index (χ1) is 7.49. The molecule has 0 heterocycles. The van der Waals surface area contributed by atoms with Crippen molar-refractivity contribution in [3.63, 3.8) is 0 Å². The van der Waals surface area contributed by atoms with Crippen LogP contribution >= 0.6 is 0 Å². The zero-order valence-corrected chi connectivity index (χ0v) is 8.75. The number of non-ortho nitro benzene ring substituents is 1. The highest BCUT2D eigenvalue weighted by atomic mass is 16.8. The minimum Gasteiger partial charge on any atom is -0.394 e. The van der Waals surface area contributed by atoms with Crippen molar-refractivity contribution in [3.05, 3.63) is 34.4 Å². The first-order valence-corrected chi connectivity index (χ1v) is 4.30. The fourth-order valence-electron chi connectivity index (χ4n) is 0.900. The molecule has 1 rings (SSSR count). The van der Waals surface area contributed by atoms with Gasteiger partial charge in [-0.2, -0.15) is 0 Å². The Balaban J connectivity index is 2.62. The largest absolute Gasteiger partial charge is 0.533 e. The molecule has 0 aromatic heterocycles. The van der Waals surface area contributed by atoms with Crippen molar-refractivity contribution in [2.24, 2.45) is 0 Å². The summed E-state index contributed by atoms with van der Waals surface area (Å²) in [6.07, 6.45) is -0.904. The van der Waals surface area contributed by atoms with Crippen molar-refractivity contribution < 1.29 is 19.3 Å². The van der Waals surface area contributed by atoms with Crippen LogP contribution in [0.2, 0.25) is 0 Å². The molecule has 86 valence electrons.